The van der Waals surface area contributed by atoms with E-state index in [-0.39, 0.29) is 0 Å². The summed E-state index contributed by atoms with van der Waals surface area (Å²) in [6, 6.07) is 32.8. The van der Waals surface area contributed by atoms with Gasteiger partial charge in [0.2, 0.25) is 5.52 Å². The molecule has 0 saturated heterocycles. The Bertz CT molecular complexity index is 1690. The molecule has 0 saturated carbocycles. The monoisotopic (exact) mass is 514 g/mol. The number of hydrogen-bond acceptors (Lipinski definition) is 3. The number of fused-ring (bicyclic) bond motifs is 2. The third kappa shape index (κ3) is 4.31. The van der Waals surface area contributed by atoms with Gasteiger partial charge in [-0.15, -0.1) is 0 Å². The van der Waals surface area contributed by atoms with E-state index in [1.165, 1.54) is 59.9 Å². The van der Waals surface area contributed by atoms with Crippen LogP contribution in [0.1, 0.15) is 27.3 Å². The van der Waals surface area contributed by atoms with Gasteiger partial charge < -0.3 is 10.2 Å². The summed E-state index contributed by atoms with van der Waals surface area (Å²) in [5.74, 6) is 1.10. The number of thiazole rings is 1. The van der Waals surface area contributed by atoms with Crippen LogP contribution in [-0.4, -0.2) is 7.05 Å². The second kappa shape index (κ2) is 9.96. The summed E-state index contributed by atoms with van der Waals surface area (Å²) < 4.78 is 3.61. The zero-order valence-electron chi connectivity index (χ0n) is 22.3. The molecule has 1 aromatic heterocycles. The number of allylic oxidation sites excluding steroid dienone is 2. The number of nitrogens with zero attached hydrogens (tertiary/aromatic N) is 2. The Hall–Kier alpha value is -4.15. The molecule has 1 aliphatic heterocycles. The van der Waals surface area contributed by atoms with Gasteiger partial charge in [-0.25, -0.2) is 0 Å². The van der Waals surface area contributed by atoms with Crippen LogP contribution in [0.5, 0.6) is 0 Å². The maximum absolute atomic E-state index is 3.45. The van der Waals surface area contributed by atoms with Crippen molar-refractivity contribution in [3.05, 3.63) is 130 Å². The van der Waals surface area contributed by atoms with E-state index < -0.39 is 0 Å². The van der Waals surface area contributed by atoms with E-state index in [1.54, 1.807) is 0 Å². The van der Waals surface area contributed by atoms with Gasteiger partial charge in [-0.05, 0) is 71.5 Å². The average molecular weight is 515 g/mol. The van der Waals surface area contributed by atoms with Gasteiger partial charge in [-0.1, -0.05) is 78.1 Å². The number of rotatable bonds is 5. The molecule has 4 heteroatoms. The molecule has 1 N–H and O–H groups in total. The van der Waals surface area contributed by atoms with Crippen molar-refractivity contribution < 1.29 is 4.57 Å². The van der Waals surface area contributed by atoms with Gasteiger partial charge in [-0.2, -0.15) is 4.57 Å². The minimum Gasteiger partial charge on any atom is -0.375 e. The van der Waals surface area contributed by atoms with Crippen LogP contribution in [0.25, 0.3) is 33.0 Å². The van der Waals surface area contributed by atoms with Crippen molar-refractivity contribution in [1.82, 2.24) is 5.32 Å². The molecule has 0 radical (unpaired) electrons. The molecular weight excluding hydrogens is 482 g/mol. The van der Waals surface area contributed by atoms with E-state index in [2.05, 4.69) is 139 Å². The van der Waals surface area contributed by atoms with Crippen molar-refractivity contribution >= 4 is 38.9 Å². The molecule has 0 atom stereocenters. The molecule has 4 aromatic carbocycles. The highest BCUT2D eigenvalue weighted by atomic mass is 32.1. The smallest absolute Gasteiger partial charge is 0.263 e. The fraction of sp³-hybridized carbons (Fsp3) is 0.147. The maximum Gasteiger partial charge on any atom is 0.263 e. The molecule has 6 rings (SSSR count). The SMILES string of the molecule is CNC1=CC(=Cc2sc3cc(-c4c(C)cccc4C)ccc3[n+]2C)c2ccccc2N1Cc1ccccc1. The van der Waals surface area contributed by atoms with E-state index in [0.717, 1.165) is 12.4 Å². The van der Waals surface area contributed by atoms with Crippen molar-refractivity contribution in [3.63, 3.8) is 0 Å². The predicted octanol–water partition coefficient (Wildman–Crippen LogP) is 7.63. The summed E-state index contributed by atoms with van der Waals surface area (Å²) in [5.41, 5.74) is 11.5. The molecular formula is C34H32N3S+. The van der Waals surface area contributed by atoms with Gasteiger partial charge in [0.15, 0.2) is 0 Å². The lowest BCUT2D eigenvalue weighted by Gasteiger charge is -2.33. The van der Waals surface area contributed by atoms with Gasteiger partial charge in [0.25, 0.3) is 5.01 Å². The second-order valence-corrected chi connectivity index (χ2v) is 11.0. The van der Waals surface area contributed by atoms with E-state index in [0.29, 0.717) is 0 Å². The normalized spacial score (nSPS) is 14.1. The Morgan fingerprint density at radius 2 is 1.61 bits per heavy atom. The van der Waals surface area contributed by atoms with Gasteiger partial charge in [0.05, 0.1) is 5.69 Å². The number of nitrogens with one attached hydrogen (secondary N) is 1. The summed E-state index contributed by atoms with van der Waals surface area (Å²) in [7, 11) is 4.17. The summed E-state index contributed by atoms with van der Waals surface area (Å²) in [6.07, 6.45) is 4.61. The molecule has 0 unspecified atom stereocenters. The maximum atomic E-state index is 3.45. The lowest BCUT2D eigenvalue weighted by molar-refractivity contribution is -0.642. The van der Waals surface area contributed by atoms with E-state index >= 15 is 0 Å². The first-order valence-corrected chi connectivity index (χ1v) is 13.9. The van der Waals surface area contributed by atoms with Crippen LogP contribution < -0.4 is 14.8 Å². The average Bonchev–Trinajstić information content (AvgIpc) is 3.24. The van der Waals surface area contributed by atoms with Crippen molar-refractivity contribution in [2.75, 3.05) is 11.9 Å². The molecule has 0 spiro atoms. The van der Waals surface area contributed by atoms with E-state index in [9.17, 15) is 0 Å². The van der Waals surface area contributed by atoms with Gasteiger partial charge in [-0.3, -0.25) is 0 Å². The fourth-order valence-electron chi connectivity index (χ4n) is 5.51. The van der Waals surface area contributed by atoms with Gasteiger partial charge in [0.1, 0.15) is 17.6 Å². The zero-order valence-corrected chi connectivity index (χ0v) is 23.1. The Morgan fingerprint density at radius 3 is 2.37 bits per heavy atom. The Balaban J connectivity index is 1.44. The first-order valence-electron chi connectivity index (χ1n) is 13.0. The van der Waals surface area contributed by atoms with Crippen LogP contribution >= 0.6 is 11.3 Å². The number of aryl methyl sites for hydroxylation is 3. The second-order valence-electron chi connectivity index (χ2n) is 9.92. The Labute approximate surface area is 229 Å². The summed E-state index contributed by atoms with van der Waals surface area (Å²) in [4.78, 5) is 2.36. The largest absolute Gasteiger partial charge is 0.375 e. The van der Waals surface area contributed by atoms with Crippen LogP contribution in [-0.2, 0) is 13.6 Å². The minimum atomic E-state index is 0.815. The van der Waals surface area contributed by atoms with Crippen molar-refractivity contribution in [1.29, 1.82) is 0 Å². The quantitative estimate of drug-likeness (QED) is 0.243. The van der Waals surface area contributed by atoms with Crippen LogP contribution in [0.4, 0.5) is 5.69 Å². The summed E-state index contributed by atoms with van der Waals surface area (Å²) in [6.45, 7) is 5.21. The summed E-state index contributed by atoms with van der Waals surface area (Å²) >= 11 is 1.85. The van der Waals surface area contributed by atoms with E-state index in [4.69, 9.17) is 0 Å². The third-order valence-electron chi connectivity index (χ3n) is 7.44. The molecule has 0 fully saturated rings. The number of benzene rings is 4. The zero-order chi connectivity index (χ0) is 26.2. The number of aromatic nitrogens is 1. The number of anilines is 1. The molecule has 38 heavy (non-hydrogen) atoms. The van der Waals surface area contributed by atoms with E-state index in [1.807, 2.05) is 18.4 Å². The molecule has 3 nitrogen and oxygen atoms in total. The van der Waals surface area contributed by atoms with Crippen LogP contribution in [0.3, 0.4) is 0 Å². The first-order chi connectivity index (χ1) is 18.5. The highest BCUT2D eigenvalue weighted by molar-refractivity contribution is 7.19. The lowest BCUT2D eigenvalue weighted by atomic mass is 9.96. The Morgan fingerprint density at radius 1 is 0.868 bits per heavy atom. The van der Waals surface area contributed by atoms with Crippen molar-refractivity contribution in [2.24, 2.45) is 7.05 Å². The minimum absolute atomic E-state index is 0.815. The topological polar surface area (TPSA) is 19.1 Å². The molecule has 2 heterocycles. The standard InChI is InChI=1S/C34H31N3S/c1-23-11-10-12-24(2)34(23)26-17-18-30-31(19-26)38-33(36(30)4)21-27-20-32(35-3)37(22-25-13-6-5-7-14-25)29-16-9-8-15-28(27)29/h5-21H,22H2,1-4H3/p+1. The summed E-state index contributed by atoms with van der Waals surface area (Å²) in [5, 5.41) is 4.68. The first kappa shape index (κ1) is 24.2. The molecule has 0 amide bonds. The van der Waals surface area contributed by atoms with Crippen LogP contribution in [0, 0.1) is 13.8 Å². The molecule has 1 aliphatic rings. The van der Waals surface area contributed by atoms with Gasteiger partial charge >= 0.3 is 0 Å². The van der Waals surface area contributed by atoms with Crippen molar-refractivity contribution in [2.45, 2.75) is 20.4 Å². The predicted molar refractivity (Wildman–Crippen MR) is 162 cm³/mol. The highest BCUT2D eigenvalue weighted by Gasteiger charge is 2.24. The third-order valence-corrected chi connectivity index (χ3v) is 8.59. The van der Waals surface area contributed by atoms with Gasteiger partial charge in [0, 0.05) is 31.3 Å². The fourth-order valence-corrected chi connectivity index (χ4v) is 6.65. The number of para-hydroxylation sites is 1. The highest BCUT2D eigenvalue weighted by Crippen LogP contribution is 2.38. The molecule has 0 aliphatic carbocycles. The molecule has 5 aromatic rings. The Kier molecular flexibility index (Phi) is 6.34. The van der Waals surface area contributed by atoms with Crippen LogP contribution in [0.2, 0.25) is 0 Å². The lowest BCUT2D eigenvalue weighted by Crippen LogP contribution is -2.32. The number of hydrogen-bond donors (Lipinski definition) is 1. The van der Waals surface area contributed by atoms with Crippen LogP contribution in [0.15, 0.2) is 103 Å². The molecule has 0 bridgehead atoms. The van der Waals surface area contributed by atoms with Crippen molar-refractivity contribution in [3.8, 4) is 11.1 Å². The molecule has 188 valence electrons.